The average molecular weight is 843 g/mol. The van der Waals surface area contributed by atoms with Gasteiger partial charge in [0.2, 0.25) is 0 Å². The van der Waals surface area contributed by atoms with E-state index in [1.807, 2.05) is 0 Å². The van der Waals surface area contributed by atoms with E-state index in [1.54, 1.807) is 0 Å². The van der Waals surface area contributed by atoms with Gasteiger partial charge in [-0.1, -0.05) is 182 Å². The van der Waals surface area contributed by atoms with E-state index < -0.39 is 0 Å². The van der Waals surface area contributed by atoms with Gasteiger partial charge in [-0.2, -0.15) is 0 Å². The van der Waals surface area contributed by atoms with Gasteiger partial charge in [-0.15, -0.1) is 0 Å². The summed E-state index contributed by atoms with van der Waals surface area (Å²) < 4.78 is 0. The van der Waals surface area contributed by atoms with Gasteiger partial charge < -0.3 is 9.80 Å². The Labute approximate surface area is 386 Å². The van der Waals surface area contributed by atoms with Gasteiger partial charge in [-0.25, -0.2) is 0 Å². The van der Waals surface area contributed by atoms with Crippen molar-refractivity contribution in [1.29, 1.82) is 0 Å². The smallest absolute Gasteiger partial charge is 0.0534 e. The number of rotatable bonds is 5. The maximum Gasteiger partial charge on any atom is 0.0534 e. The summed E-state index contributed by atoms with van der Waals surface area (Å²) in [7, 11) is 0. The highest BCUT2D eigenvalue weighted by Crippen LogP contribution is 2.51. The summed E-state index contributed by atoms with van der Waals surface area (Å²) in [4.78, 5) is 4.97. The van der Waals surface area contributed by atoms with Crippen LogP contribution in [-0.2, 0) is 19.3 Å². The summed E-state index contributed by atoms with van der Waals surface area (Å²) >= 11 is 0. The first-order valence-corrected chi connectivity index (χ1v) is 23.3. The molecule has 13 rings (SSSR count). The van der Waals surface area contributed by atoms with Crippen LogP contribution in [0.2, 0.25) is 0 Å². The molecule has 0 atom stereocenters. The Kier molecular flexibility index (Phi) is 9.16. The largest absolute Gasteiger partial charge is 0.310 e. The first-order valence-electron chi connectivity index (χ1n) is 23.3. The second kappa shape index (κ2) is 15.8. The van der Waals surface area contributed by atoms with E-state index in [0.29, 0.717) is 0 Å². The molecule has 2 heteroatoms. The van der Waals surface area contributed by atoms with Crippen LogP contribution in [0.15, 0.2) is 212 Å². The molecular formula is C64H46N2. The Morgan fingerprint density at radius 3 is 1.39 bits per heavy atom. The quantitative estimate of drug-likeness (QED) is 0.159. The summed E-state index contributed by atoms with van der Waals surface area (Å²) in [5.74, 6) is 0. The molecule has 0 unspecified atom stereocenters. The molecule has 66 heavy (non-hydrogen) atoms. The van der Waals surface area contributed by atoms with E-state index in [1.165, 1.54) is 111 Å². The lowest BCUT2D eigenvalue weighted by atomic mass is 9.84. The molecule has 0 aromatic heterocycles. The zero-order chi connectivity index (χ0) is 43.6. The highest BCUT2D eigenvalue weighted by Gasteiger charge is 2.26. The monoisotopic (exact) mass is 842 g/mol. The van der Waals surface area contributed by atoms with Crippen molar-refractivity contribution in [2.45, 2.75) is 25.7 Å². The summed E-state index contributed by atoms with van der Waals surface area (Å²) in [6, 6.07) is 77.2. The topological polar surface area (TPSA) is 6.48 Å². The minimum absolute atomic E-state index is 1.00. The van der Waals surface area contributed by atoms with Gasteiger partial charge in [0.25, 0.3) is 0 Å². The maximum atomic E-state index is 2.52. The van der Waals surface area contributed by atoms with Gasteiger partial charge in [0, 0.05) is 22.7 Å². The van der Waals surface area contributed by atoms with Crippen LogP contribution in [0, 0.1) is 0 Å². The van der Waals surface area contributed by atoms with Crippen molar-refractivity contribution in [2.24, 2.45) is 0 Å². The minimum atomic E-state index is 1.00. The zero-order valence-electron chi connectivity index (χ0n) is 36.7. The first kappa shape index (κ1) is 38.3. The Balaban J connectivity index is 1.13. The third-order valence-corrected chi connectivity index (χ3v) is 14.1. The molecule has 0 radical (unpaired) electrons. The number of hydrogen-bond acceptors (Lipinski definition) is 2. The van der Waals surface area contributed by atoms with Crippen molar-refractivity contribution in [3.8, 4) is 33.4 Å². The Hall–Kier alpha value is -8.20. The standard InChI is InChI=1S/C64H46N2/c1-2-14-43(15-3-1)45-26-33-50(34-27-45)63-55-38-36-54(66-61-24-12-8-19-48(61)31-32-49-20-9-13-25-62(49)66)42-58(55)64(52-35-28-44-16-4-5-21-51(44)40-52)56-39-37-53(41-57(56)63)65-59-22-10-6-17-46(59)29-30-47-18-7-11-23-60(47)65/h1-4,6-20,22-30,33-42H,5,21,31-32H2. The van der Waals surface area contributed by atoms with Gasteiger partial charge in [-0.3, -0.25) is 0 Å². The van der Waals surface area contributed by atoms with E-state index in [0.717, 1.165) is 37.1 Å². The molecule has 312 valence electrons. The Morgan fingerprint density at radius 1 is 0.288 bits per heavy atom. The van der Waals surface area contributed by atoms with Gasteiger partial charge in [0.1, 0.15) is 0 Å². The molecule has 2 nitrogen and oxygen atoms in total. The van der Waals surface area contributed by atoms with Gasteiger partial charge in [0.15, 0.2) is 0 Å². The molecule has 0 N–H and O–H groups in total. The number of hydrogen-bond donors (Lipinski definition) is 0. The van der Waals surface area contributed by atoms with E-state index >= 15 is 0 Å². The molecule has 0 saturated heterocycles. The number of allylic oxidation sites excluding steroid dienone is 1. The number of fused-ring (bicyclic) bond motifs is 7. The van der Waals surface area contributed by atoms with Gasteiger partial charge in [0.05, 0.1) is 11.4 Å². The lowest BCUT2D eigenvalue weighted by Gasteiger charge is -2.29. The fourth-order valence-corrected chi connectivity index (χ4v) is 11.0. The molecule has 0 bridgehead atoms. The van der Waals surface area contributed by atoms with E-state index in [4.69, 9.17) is 0 Å². The Morgan fingerprint density at radius 2 is 0.773 bits per heavy atom. The summed E-state index contributed by atoms with van der Waals surface area (Å²) in [5, 5.41) is 4.95. The van der Waals surface area contributed by atoms with Crippen LogP contribution >= 0.6 is 0 Å². The normalized spacial score (nSPS) is 13.6. The van der Waals surface area contributed by atoms with Crippen LogP contribution in [0.1, 0.15) is 39.8 Å². The minimum Gasteiger partial charge on any atom is -0.310 e. The van der Waals surface area contributed by atoms with E-state index in [2.05, 4.69) is 240 Å². The molecular weight excluding hydrogens is 797 g/mol. The summed E-state index contributed by atoms with van der Waals surface area (Å²) in [5.41, 5.74) is 22.3. The third kappa shape index (κ3) is 6.40. The summed E-state index contributed by atoms with van der Waals surface area (Å²) in [6.45, 7) is 0. The SMILES string of the molecule is C1=Cc2ccc(-c3c4ccc(N5c6ccccc6C=Cc6ccccc65)cc4c(-c4ccc(-c5ccccc5)cc4)c4ccc(N5c6ccccc6CCc6ccccc65)cc34)cc2CC1. The second-order valence-electron chi connectivity index (χ2n) is 17.9. The Bertz CT molecular complexity index is 3500. The number of anilines is 6. The zero-order valence-corrected chi connectivity index (χ0v) is 36.7. The third-order valence-electron chi connectivity index (χ3n) is 14.1. The van der Waals surface area contributed by atoms with Crippen molar-refractivity contribution >= 4 is 73.9 Å². The first-order chi connectivity index (χ1) is 32.7. The van der Waals surface area contributed by atoms with E-state index in [-0.39, 0.29) is 0 Å². The van der Waals surface area contributed by atoms with Crippen LogP contribution in [0.4, 0.5) is 34.1 Å². The predicted octanol–water partition coefficient (Wildman–Crippen LogP) is 17.5. The highest BCUT2D eigenvalue weighted by atomic mass is 15.2. The second-order valence-corrected chi connectivity index (χ2v) is 17.9. The molecule has 1 aliphatic carbocycles. The molecule has 10 aromatic rings. The molecule has 0 saturated carbocycles. The van der Waals surface area contributed by atoms with Crippen LogP contribution < -0.4 is 9.80 Å². The molecule has 0 spiro atoms. The van der Waals surface area contributed by atoms with Crippen molar-refractivity contribution in [3.63, 3.8) is 0 Å². The summed E-state index contributed by atoms with van der Waals surface area (Å²) in [6.07, 6.45) is 13.2. The van der Waals surface area contributed by atoms with E-state index in [9.17, 15) is 0 Å². The number of para-hydroxylation sites is 4. The number of nitrogens with zero attached hydrogens (tertiary/aromatic N) is 2. The van der Waals surface area contributed by atoms with Crippen LogP contribution in [0.3, 0.4) is 0 Å². The van der Waals surface area contributed by atoms with Crippen molar-refractivity contribution in [2.75, 3.05) is 9.80 Å². The maximum absolute atomic E-state index is 2.52. The lowest BCUT2D eigenvalue weighted by molar-refractivity contribution is 0.977. The highest BCUT2D eigenvalue weighted by molar-refractivity contribution is 6.23. The fraction of sp³-hybridized carbons (Fsp3) is 0.0625. The molecule has 3 aliphatic rings. The molecule has 10 aromatic carbocycles. The fourth-order valence-electron chi connectivity index (χ4n) is 11.0. The van der Waals surface area contributed by atoms with Gasteiger partial charge in [-0.05, 0) is 163 Å². The average Bonchev–Trinajstić information content (AvgIpc) is 3.66. The van der Waals surface area contributed by atoms with Gasteiger partial charge >= 0.3 is 0 Å². The van der Waals surface area contributed by atoms with Crippen LogP contribution in [0.5, 0.6) is 0 Å². The number of aryl methyl sites for hydroxylation is 3. The van der Waals surface area contributed by atoms with Crippen molar-refractivity contribution < 1.29 is 0 Å². The molecule has 0 fully saturated rings. The number of benzene rings is 10. The van der Waals surface area contributed by atoms with Crippen molar-refractivity contribution in [3.05, 3.63) is 246 Å². The molecule has 0 amide bonds. The molecule has 2 aliphatic heterocycles. The molecule has 2 heterocycles. The predicted molar refractivity (Wildman–Crippen MR) is 281 cm³/mol. The lowest BCUT2D eigenvalue weighted by Crippen LogP contribution is -2.12. The van der Waals surface area contributed by atoms with Crippen molar-refractivity contribution in [1.82, 2.24) is 0 Å². The van der Waals surface area contributed by atoms with Crippen LogP contribution in [-0.4, -0.2) is 0 Å². The van der Waals surface area contributed by atoms with Crippen LogP contribution in [0.25, 0.3) is 73.2 Å².